The number of carbonyl (C=O) groups is 1. The van der Waals surface area contributed by atoms with E-state index in [1.165, 1.54) is 0 Å². The maximum Gasteiger partial charge on any atom is 0.391 e. The minimum absolute atomic E-state index is 0.0961. The van der Waals surface area contributed by atoms with Crippen molar-refractivity contribution in [2.75, 3.05) is 24.6 Å². The summed E-state index contributed by atoms with van der Waals surface area (Å²) in [5.74, 6) is 0.571. The molecular formula is C17H25F3N4OS. The average molecular weight is 390 g/mol. The van der Waals surface area contributed by atoms with Crippen LogP contribution < -0.4 is 5.32 Å². The van der Waals surface area contributed by atoms with E-state index < -0.39 is 12.1 Å². The van der Waals surface area contributed by atoms with Crippen LogP contribution in [0.1, 0.15) is 37.3 Å². The van der Waals surface area contributed by atoms with Crippen molar-refractivity contribution in [2.24, 2.45) is 13.0 Å². The summed E-state index contributed by atoms with van der Waals surface area (Å²) in [6, 6.07) is 0.00581. The van der Waals surface area contributed by atoms with Crippen LogP contribution in [0.25, 0.3) is 0 Å². The Labute approximate surface area is 155 Å². The van der Waals surface area contributed by atoms with Crippen LogP contribution in [0.3, 0.4) is 0 Å². The first-order chi connectivity index (χ1) is 12.3. The zero-order valence-electron chi connectivity index (χ0n) is 14.8. The number of rotatable bonds is 4. The van der Waals surface area contributed by atoms with Crippen molar-refractivity contribution in [2.45, 2.75) is 43.9 Å². The Hall–Kier alpha value is -1.22. The van der Waals surface area contributed by atoms with E-state index in [1.54, 1.807) is 4.68 Å². The predicted octanol–water partition coefficient (Wildman–Crippen LogP) is 2.75. The van der Waals surface area contributed by atoms with Gasteiger partial charge in [0.2, 0.25) is 5.91 Å². The van der Waals surface area contributed by atoms with Crippen LogP contribution >= 0.6 is 11.8 Å². The zero-order valence-corrected chi connectivity index (χ0v) is 15.7. The molecule has 1 aromatic heterocycles. The number of nitrogens with zero attached hydrogens (tertiary/aromatic N) is 3. The van der Waals surface area contributed by atoms with Crippen LogP contribution in [0.2, 0.25) is 0 Å². The van der Waals surface area contributed by atoms with E-state index in [4.69, 9.17) is 0 Å². The Balaban J connectivity index is 1.51. The van der Waals surface area contributed by atoms with Gasteiger partial charge in [0.25, 0.3) is 0 Å². The number of hydrogen-bond acceptors (Lipinski definition) is 4. The molecule has 1 aromatic rings. The van der Waals surface area contributed by atoms with Gasteiger partial charge in [-0.15, -0.1) is 0 Å². The van der Waals surface area contributed by atoms with Crippen LogP contribution in [0.4, 0.5) is 13.2 Å². The third kappa shape index (κ3) is 4.94. The first-order valence-electron chi connectivity index (χ1n) is 8.99. The molecule has 2 fully saturated rings. The second-order valence-electron chi connectivity index (χ2n) is 7.17. The molecule has 3 rings (SSSR count). The molecule has 5 nitrogen and oxygen atoms in total. The molecule has 1 atom stereocenters. The van der Waals surface area contributed by atoms with Crippen molar-refractivity contribution in [1.82, 2.24) is 20.0 Å². The second-order valence-corrected chi connectivity index (χ2v) is 8.32. The molecular weight excluding hydrogens is 365 g/mol. The molecule has 0 aromatic carbocycles. The molecule has 0 unspecified atom stereocenters. The topological polar surface area (TPSA) is 50.2 Å². The van der Waals surface area contributed by atoms with Crippen molar-refractivity contribution in [3.63, 3.8) is 0 Å². The predicted molar refractivity (Wildman–Crippen MR) is 94.8 cm³/mol. The summed E-state index contributed by atoms with van der Waals surface area (Å²) >= 11 is 1.86. The van der Waals surface area contributed by atoms with E-state index in [9.17, 15) is 18.0 Å². The molecule has 1 aliphatic heterocycles. The maximum atomic E-state index is 12.7. The summed E-state index contributed by atoms with van der Waals surface area (Å²) < 4.78 is 40.0. The lowest BCUT2D eigenvalue weighted by molar-refractivity contribution is -0.182. The Morgan fingerprint density at radius 1 is 1.35 bits per heavy atom. The minimum atomic E-state index is -4.11. The summed E-state index contributed by atoms with van der Waals surface area (Å²) in [6.45, 7) is 1.10. The molecule has 26 heavy (non-hydrogen) atoms. The number of aryl methyl sites for hydroxylation is 1. The van der Waals surface area contributed by atoms with Crippen molar-refractivity contribution in [1.29, 1.82) is 0 Å². The summed E-state index contributed by atoms with van der Waals surface area (Å²) in [7, 11) is 1.87. The fourth-order valence-electron chi connectivity index (χ4n) is 3.77. The number of aromatic nitrogens is 2. The highest BCUT2D eigenvalue weighted by molar-refractivity contribution is 7.99. The molecule has 1 saturated carbocycles. The highest BCUT2D eigenvalue weighted by Gasteiger charge is 2.41. The van der Waals surface area contributed by atoms with Gasteiger partial charge in [0.1, 0.15) is 0 Å². The van der Waals surface area contributed by atoms with Crippen LogP contribution in [0.5, 0.6) is 0 Å². The molecule has 2 heterocycles. The number of amides is 1. The van der Waals surface area contributed by atoms with Crippen molar-refractivity contribution < 1.29 is 18.0 Å². The summed E-state index contributed by atoms with van der Waals surface area (Å²) in [4.78, 5) is 14.6. The Bertz CT molecular complexity index is 613. The first-order valence-corrected chi connectivity index (χ1v) is 10.1. The van der Waals surface area contributed by atoms with E-state index in [0.717, 1.165) is 23.6 Å². The van der Waals surface area contributed by atoms with E-state index in [0.29, 0.717) is 12.8 Å². The van der Waals surface area contributed by atoms with Gasteiger partial charge in [0, 0.05) is 48.9 Å². The molecule has 9 heteroatoms. The van der Waals surface area contributed by atoms with E-state index >= 15 is 0 Å². The quantitative estimate of drug-likeness (QED) is 0.859. The van der Waals surface area contributed by atoms with Gasteiger partial charge in [-0.05, 0) is 25.7 Å². The summed E-state index contributed by atoms with van der Waals surface area (Å²) in [5, 5.41) is 7.15. The van der Waals surface area contributed by atoms with Gasteiger partial charge in [-0.3, -0.25) is 14.4 Å². The molecule has 146 valence electrons. The Kier molecular flexibility index (Phi) is 6.17. The van der Waals surface area contributed by atoms with E-state index in [-0.39, 0.29) is 37.4 Å². The SMILES string of the molecule is Cn1cc([C@@H]2CSCCN2CC(=O)NC2CCC(C(F)(F)F)CC2)cn1. The van der Waals surface area contributed by atoms with Gasteiger partial charge in [-0.25, -0.2) is 0 Å². The minimum Gasteiger partial charge on any atom is -0.352 e. The Morgan fingerprint density at radius 2 is 2.08 bits per heavy atom. The highest BCUT2D eigenvalue weighted by atomic mass is 32.2. The van der Waals surface area contributed by atoms with Crippen LogP contribution in [-0.2, 0) is 11.8 Å². The van der Waals surface area contributed by atoms with Crippen molar-refractivity contribution in [3.8, 4) is 0 Å². The number of carbonyl (C=O) groups excluding carboxylic acids is 1. The molecule has 0 bridgehead atoms. The first kappa shape index (κ1) is 19.5. The van der Waals surface area contributed by atoms with E-state index in [2.05, 4.69) is 15.3 Å². The van der Waals surface area contributed by atoms with Crippen molar-refractivity contribution in [3.05, 3.63) is 18.0 Å². The standard InChI is InChI=1S/C17H25F3N4OS/c1-23-9-12(8-21-23)15-11-26-7-6-24(15)10-16(25)22-14-4-2-13(3-5-14)17(18,19)20/h8-9,13-15H,2-7,10-11H2,1H3,(H,22,25)/t13?,14?,15-/m0/s1. The van der Waals surface area contributed by atoms with Gasteiger partial charge in [0.05, 0.1) is 18.7 Å². The maximum absolute atomic E-state index is 12.7. The van der Waals surface area contributed by atoms with Gasteiger partial charge in [0.15, 0.2) is 0 Å². The van der Waals surface area contributed by atoms with Crippen LogP contribution in [-0.4, -0.2) is 57.4 Å². The third-order valence-corrected chi connectivity index (χ3v) is 6.27. The number of nitrogens with one attached hydrogen (secondary N) is 1. The number of hydrogen-bond donors (Lipinski definition) is 1. The Morgan fingerprint density at radius 3 is 2.69 bits per heavy atom. The number of halogens is 3. The lowest BCUT2D eigenvalue weighted by Gasteiger charge is -2.35. The summed E-state index contributed by atoms with van der Waals surface area (Å²) in [6.07, 6.45) is 0.701. The third-order valence-electron chi connectivity index (χ3n) is 5.25. The van der Waals surface area contributed by atoms with Gasteiger partial charge in [-0.2, -0.15) is 30.0 Å². The second kappa shape index (κ2) is 8.21. The largest absolute Gasteiger partial charge is 0.391 e. The van der Waals surface area contributed by atoms with Crippen molar-refractivity contribution >= 4 is 17.7 Å². The van der Waals surface area contributed by atoms with E-state index in [1.807, 2.05) is 31.2 Å². The molecule has 0 radical (unpaired) electrons. The molecule has 2 aliphatic rings. The lowest BCUT2D eigenvalue weighted by atomic mass is 9.85. The molecule has 1 N–H and O–H groups in total. The zero-order chi connectivity index (χ0) is 18.7. The number of thioether (sulfide) groups is 1. The lowest BCUT2D eigenvalue weighted by Crippen LogP contribution is -2.47. The monoisotopic (exact) mass is 390 g/mol. The van der Waals surface area contributed by atoms with Gasteiger partial charge >= 0.3 is 6.18 Å². The highest BCUT2D eigenvalue weighted by Crippen LogP contribution is 2.37. The normalized spacial score (nSPS) is 28.1. The average Bonchev–Trinajstić information content (AvgIpc) is 3.01. The fraction of sp³-hybridized carbons (Fsp3) is 0.765. The smallest absolute Gasteiger partial charge is 0.352 e. The molecule has 1 amide bonds. The molecule has 0 spiro atoms. The molecule has 1 saturated heterocycles. The number of alkyl halides is 3. The summed E-state index contributed by atoms with van der Waals surface area (Å²) in [5.41, 5.74) is 1.10. The fourth-order valence-corrected chi connectivity index (χ4v) is 4.93. The van der Waals surface area contributed by atoms with Crippen LogP contribution in [0, 0.1) is 5.92 Å². The molecule has 1 aliphatic carbocycles. The van der Waals surface area contributed by atoms with Gasteiger partial charge < -0.3 is 5.32 Å². The van der Waals surface area contributed by atoms with Gasteiger partial charge in [-0.1, -0.05) is 0 Å². The van der Waals surface area contributed by atoms with Crippen LogP contribution in [0.15, 0.2) is 12.4 Å².